The summed E-state index contributed by atoms with van der Waals surface area (Å²) in [5, 5.41) is 11.7. The molecule has 0 aliphatic heterocycles. The number of aromatic nitrogens is 1. The monoisotopic (exact) mass is 306 g/mol. The second-order valence-corrected chi connectivity index (χ2v) is 5.90. The average Bonchev–Trinajstić information content (AvgIpc) is 2.50. The molecule has 0 spiro atoms. The number of pyridine rings is 1. The third kappa shape index (κ3) is 3.37. The first-order valence-electron chi connectivity index (χ1n) is 7.72. The van der Waals surface area contributed by atoms with Crippen LogP contribution in [0, 0.1) is 5.92 Å². The number of aliphatic carboxylic acids is 1. The molecule has 1 aliphatic carbocycles. The number of fused-ring (bicyclic) bond motifs is 1. The average molecular weight is 306 g/mol. The van der Waals surface area contributed by atoms with E-state index in [4.69, 9.17) is 0 Å². The lowest BCUT2D eigenvalue weighted by Gasteiger charge is -2.21. The Hall–Kier alpha value is -2.11. The number of amides is 1. The fourth-order valence-corrected chi connectivity index (χ4v) is 2.75. The van der Waals surface area contributed by atoms with Crippen LogP contribution in [0.2, 0.25) is 0 Å². The molecule has 0 bridgehead atoms. The van der Waals surface area contributed by atoms with E-state index in [9.17, 15) is 19.5 Å². The molecule has 3 N–H and O–H groups in total. The Kier molecular flexibility index (Phi) is 5.00. The van der Waals surface area contributed by atoms with Crippen molar-refractivity contribution in [1.29, 1.82) is 0 Å². The quantitative estimate of drug-likeness (QED) is 0.767. The number of aryl methyl sites for hydroxylation is 2. The van der Waals surface area contributed by atoms with Gasteiger partial charge in [0.25, 0.3) is 11.5 Å². The molecule has 6 nitrogen and oxygen atoms in total. The molecule has 120 valence electrons. The molecule has 0 saturated carbocycles. The zero-order valence-electron chi connectivity index (χ0n) is 12.9. The molecule has 2 rings (SSSR count). The molecule has 0 unspecified atom stereocenters. The summed E-state index contributed by atoms with van der Waals surface area (Å²) in [5.74, 6) is -1.92. The van der Waals surface area contributed by atoms with Gasteiger partial charge in [0.1, 0.15) is 11.6 Å². The molecule has 0 fully saturated rings. The van der Waals surface area contributed by atoms with E-state index in [1.165, 1.54) is 0 Å². The van der Waals surface area contributed by atoms with Crippen molar-refractivity contribution in [2.75, 3.05) is 0 Å². The maximum absolute atomic E-state index is 12.3. The summed E-state index contributed by atoms with van der Waals surface area (Å²) in [7, 11) is 0. The third-order valence-corrected chi connectivity index (χ3v) is 4.35. The predicted octanol–water partition coefficient (Wildman–Crippen LogP) is 1.48. The van der Waals surface area contributed by atoms with Crippen molar-refractivity contribution >= 4 is 11.9 Å². The molecule has 6 heteroatoms. The Labute approximate surface area is 128 Å². The number of aromatic amines is 1. The van der Waals surface area contributed by atoms with Crippen molar-refractivity contribution in [3.63, 3.8) is 0 Å². The molecular weight excluding hydrogens is 284 g/mol. The van der Waals surface area contributed by atoms with Gasteiger partial charge in [0.2, 0.25) is 0 Å². The molecule has 0 radical (unpaired) electrons. The van der Waals surface area contributed by atoms with Gasteiger partial charge in [-0.05, 0) is 43.2 Å². The number of carbonyl (C=O) groups excluding carboxylic acids is 1. The number of rotatable bonds is 5. The highest BCUT2D eigenvalue weighted by atomic mass is 16.4. The molecule has 0 aromatic carbocycles. The minimum atomic E-state index is -1.09. The van der Waals surface area contributed by atoms with Crippen LogP contribution in [0.15, 0.2) is 10.9 Å². The van der Waals surface area contributed by atoms with Gasteiger partial charge in [0, 0.05) is 5.69 Å². The van der Waals surface area contributed by atoms with Crippen molar-refractivity contribution in [2.45, 2.75) is 52.0 Å². The van der Waals surface area contributed by atoms with Gasteiger partial charge in [0.15, 0.2) is 0 Å². The highest BCUT2D eigenvalue weighted by molar-refractivity contribution is 5.96. The first kappa shape index (κ1) is 16.3. The molecular formula is C16H22N2O4. The smallest absolute Gasteiger partial charge is 0.326 e. The fourth-order valence-electron chi connectivity index (χ4n) is 2.75. The lowest BCUT2D eigenvalue weighted by atomic mass is 9.94. The van der Waals surface area contributed by atoms with Crippen LogP contribution in [0.4, 0.5) is 0 Å². The lowest BCUT2D eigenvalue weighted by molar-refractivity contribution is -0.140. The SMILES string of the molecule is CC[C@H](C)[C@H](NC(=O)c1cc2c([nH]c1=O)CCCC2)C(=O)O. The number of hydrogen-bond donors (Lipinski definition) is 3. The second kappa shape index (κ2) is 6.77. The topological polar surface area (TPSA) is 99.3 Å². The summed E-state index contributed by atoms with van der Waals surface area (Å²) in [6, 6.07) is 0.617. The van der Waals surface area contributed by atoms with Gasteiger partial charge in [-0.2, -0.15) is 0 Å². The normalized spacial score (nSPS) is 16.5. The largest absolute Gasteiger partial charge is 0.480 e. The number of carboxylic acid groups (broad SMARTS) is 1. The number of H-pyrrole nitrogens is 1. The van der Waals surface area contributed by atoms with E-state index in [-0.39, 0.29) is 11.5 Å². The number of carboxylic acids is 1. The van der Waals surface area contributed by atoms with Crippen LogP contribution in [0.3, 0.4) is 0 Å². The van der Waals surface area contributed by atoms with Gasteiger partial charge in [0.05, 0.1) is 0 Å². The van der Waals surface area contributed by atoms with E-state index < -0.39 is 23.5 Å². The van der Waals surface area contributed by atoms with Crippen LogP contribution in [-0.2, 0) is 17.6 Å². The van der Waals surface area contributed by atoms with E-state index in [0.717, 1.165) is 36.9 Å². The van der Waals surface area contributed by atoms with Gasteiger partial charge in [-0.3, -0.25) is 9.59 Å². The summed E-state index contributed by atoms with van der Waals surface area (Å²) < 4.78 is 0. The highest BCUT2D eigenvalue weighted by Crippen LogP contribution is 2.18. The van der Waals surface area contributed by atoms with E-state index in [1.807, 2.05) is 6.92 Å². The zero-order valence-corrected chi connectivity index (χ0v) is 12.9. The van der Waals surface area contributed by atoms with Gasteiger partial charge >= 0.3 is 5.97 Å². The third-order valence-electron chi connectivity index (χ3n) is 4.35. The van der Waals surface area contributed by atoms with Crippen LogP contribution in [0.5, 0.6) is 0 Å². The molecule has 1 aromatic heterocycles. The van der Waals surface area contributed by atoms with Gasteiger partial charge < -0.3 is 15.4 Å². The van der Waals surface area contributed by atoms with Gasteiger partial charge in [-0.15, -0.1) is 0 Å². The first-order chi connectivity index (χ1) is 10.4. The fraction of sp³-hybridized carbons (Fsp3) is 0.562. The Bertz CT molecular complexity index is 636. The van der Waals surface area contributed by atoms with Crippen LogP contribution < -0.4 is 10.9 Å². The lowest BCUT2D eigenvalue weighted by Crippen LogP contribution is -2.46. The van der Waals surface area contributed by atoms with Crippen LogP contribution in [0.25, 0.3) is 0 Å². The highest BCUT2D eigenvalue weighted by Gasteiger charge is 2.27. The molecule has 0 saturated heterocycles. The zero-order chi connectivity index (χ0) is 16.3. The number of carbonyl (C=O) groups is 2. The molecule has 1 aliphatic rings. The first-order valence-corrected chi connectivity index (χ1v) is 7.72. The summed E-state index contributed by atoms with van der Waals surface area (Å²) in [6.07, 6.45) is 4.34. The van der Waals surface area contributed by atoms with Crippen LogP contribution >= 0.6 is 0 Å². The van der Waals surface area contributed by atoms with E-state index in [2.05, 4.69) is 10.3 Å². The summed E-state index contributed by atoms with van der Waals surface area (Å²) in [6.45, 7) is 3.62. The Morgan fingerprint density at radius 3 is 2.68 bits per heavy atom. The van der Waals surface area contributed by atoms with Crippen molar-refractivity contribution in [1.82, 2.24) is 10.3 Å². The minimum Gasteiger partial charge on any atom is -0.480 e. The summed E-state index contributed by atoms with van der Waals surface area (Å²) in [5.41, 5.74) is 1.41. The minimum absolute atomic E-state index is 0.00444. The van der Waals surface area contributed by atoms with Crippen LogP contribution in [-0.4, -0.2) is 28.0 Å². The Morgan fingerprint density at radius 1 is 1.36 bits per heavy atom. The molecule has 1 heterocycles. The molecule has 1 amide bonds. The van der Waals surface area contributed by atoms with Crippen molar-refractivity contribution < 1.29 is 14.7 Å². The Balaban J connectivity index is 2.25. The molecule has 1 aromatic rings. The van der Waals surface area contributed by atoms with E-state index in [0.29, 0.717) is 6.42 Å². The molecule has 2 atom stereocenters. The van der Waals surface area contributed by atoms with Gasteiger partial charge in [-0.1, -0.05) is 20.3 Å². The van der Waals surface area contributed by atoms with E-state index in [1.54, 1.807) is 13.0 Å². The number of hydrogen-bond acceptors (Lipinski definition) is 3. The number of nitrogens with one attached hydrogen (secondary N) is 2. The molecule has 22 heavy (non-hydrogen) atoms. The maximum Gasteiger partial charge on any atom is 0.326 e. The van der Waals surface area contributed by atoms with Crippen molar-refractivity contribution in [3.8, 4) is 0 Å². The van der Waals surface area contributed by atoms with Gasteiger partial charge in [-0.25, -0.2) is 4.79 Å². The Morgan fingerprint density at radius 2 is 2.05 bits per heavy atom. The predicted molar refractivity (Wildman–Crippen MR) is 82.0 cm³/mol. The summed E-state index contributed by atoms with van der Waals surface area (Å²) >= 11 is 0. The van der Waals surface area contributed by atoms with Crippen molar-refractivity contribution in [3.05, 3.63) is 33.2 Å². The summed E-state index contributed by atoms with van der Waals surface area (Å²) in [4.78, 5) is 38.4. The standard InChI is InChI=1S/C16H22N2O4/c1-3-9(2)13(16(21)22)18-15(20)11-8-10-6-4-5-7-12(10)17-14(11)19/h8-9,13H,3-7H2,1-2H3,(H,17,19)(H,18,20)(H,21,22)/t9-,13-/m0/s1. The maximum atomic E-state index is 12.3. The second-order valence-electron chi connectivity index (χ2n) is 5.90. The van der Waals surface area contributed by atoms with Crippen LogP contribution in [0.1, 0.15) is 54.7 Å². The van der Waals surface area contributed by atoms with E-state index >= 15 is 0 Å². The van der Waals surface area contributed by atoms with Crippen molar-refractivity contribution in [2.24, 2.45) is 5.92 Å².